The van der Waals surface area contributed by atoms with E-state index < -0.39 is 0 Å². The highest BCUT2D eigenvalue weighted by molar-refractivity contribution is 5.26. The van der Waals surface area contributed by atoms with Gasteiger partial charge in [-0.2, -0.15) is 0 Å². The lowest BCUT2D eigenvalue weighted by molar-refractivity contribution is 0.132. The van der Waals surface area contributed by atoms with Crippen LogP contribution in [0.2, 0.25) is 0 Å². The number of phenols is 1. The normalized spacial score (nSPS) is 19.1. The Hall–Kier alpha value is -1.06. The van der Waals surface area contributed by atoms with Gasteiger partial charge in [0.15, 0.2) is 0 Å². The number of nitrogens with zero attached hydrogens (tertiary/aromatic N) is 1. The summed E-state index contributed by atoms with van der Waals surface area (Å²) in [6, 6.07) is 7.93. The molecule has 0 radical (unpaired) electrons. The molecule has 0 saturated carbocycles. The van der Waals surface area contributed by atoms with Crippen molar-refractivity contribution >= 4 is 0 Å². The van der Waals surface area contributed by atoms with Crippen molar-refractivity contribution in [2.24, 2.45) is 0 Å². The highest BCUT2D eigenvalue weighted by Crippen LogP contribution is 2.12. The quantitative estimate of drug-likeness (QED) is 0.839. The SMILES string of the molecule is CC(Cc1ccc(O)cc1)NN1CCCCC1. The molecule has 3 nitrogen and oxygen atoms in total. The molecule has 1 unspecified atom stereocenters. The van der Waals surface area contributed by atoms with Crippen molar-refractivity contribution in [3.63, 3.8) is 0 Å². The fourth-order valence-corrected chi connectivity index (χ4v) is 2.37. The smallest absolute Gasteiger partial charge is 0.115 e. The summed E-state index contributed by atoms with van der Waals surface area (Å²) in [4.78, 5) is 0. The van der Waals surface area contributed by atoms with E-state index >= 15 is 0 Å². The number of hydrazine groups is 1. The summed E-state index contributed by atoms with van der Waals surface area (Å²) in [5.41, 5.74) is 4.82. The van der Waals surface area contributed by atoms with E-state index in [-0.39, 0.29) is 0 Å². The van der Waals surface area contributed by atoms with Crippen LogP contribution in [-0.4, -0.2) is 29.2 Å². The van der Waals surface area contributed by atoms with Gasteiger partial charge >= 0.3 is 0 Å². The summed E-state index contributed by atoms with van der Waals surface area (Å²) >= 11 is 0. The van der Waals surface area contributed by atoms with Gasteiger partial charge in [0.25, 0.3) is 0 Å². The molecule has 94 valence electrons. The van der Waals surface area contributed by atoms with Crippen molar-refractivity contribution in [1.82, 2.24) is 10.4 Å². The minimum atomic E-state index is 0.338. The van der Waals surface area contributed by atoms with E-state index in [1.807, 2.05) is 12.1 Å². The first-order valence-corrected chi connectivity index (χ1v) is 6.53. The average molecular weight is 234 g/mol. The number of benzene rings is 1. The molecule has 0 aliphatic carbocycles. The van der Waals surface area contributed by atoms with Crippen LogP contribution >= 0.6 is 0 Å². The van der Waals surface area contributed by atoms with Gasteiger partial charge in [0.1, 0.15) is 5.75 Å². The van der Waals surface area contributed by atoms with Gasteiger partial charge in [0.2, 0.25) is 0 Å². The molecule has 0 spiro atoms. The van der Waals surface area contributed by atoms with Crippen LogP contribution in [0.15, 0.2) is 24.3 Å². The molecule has 3 heteroatoms. The van der Waals surface area contributed by atoms with Crippen LogP contribution in [0.3, 0.4) is 0 Å². The van der Waals surface area contributed by atoms with Gasteiger partial charge in [-0.25, -0.2) is 5.01 Å². The van der Waals surface area contributed by atoms with Crippen molar-refractivity contribution in [2.45, 2.75) is 38.6 Å². The maximum Gasteiger partial charge on any atom is 0.115 e. The molecule has 0 aromatic heterocycles. The summed E-state index contributed by atoms with van der Waals surface area (Å²) in [5, 5.41) is 11.6. The van der Waals surface area contributed by atoms with E-state index in [1.54, 1.807) is 12.1 Å². The number of aromatic hydroxyl groups is 1. The van der Waals surface area contributed by atoms with Crippen molar-refractivity contribution < 1.29 is 5.11 Å². The Morgan fingerprint density at radius 1 is 1.18 bits per heavy atom. The van der Waals surface area contributed by atoms with Crippen LogP contribution in [0.25, 0.3) is 0 Å². The third-order valence-corrected chi connectivity index (χ3v) is 3.24. The van der Waals surface area contributed by atoms with Gasteiger partial charge in [-0.3, -0.25) is 5.43 Å². The molecule has 0 bridgehead atoms. The van der Waals surface area contributed by atoms with Gasteiger partial charge in [0.05, 0.1) is 0 Å². The van der Waals surface area contributed by atoms with Crippen LogP contribution in [-0.2, 0) is 6.42 Å². The summed E-state index contributed by atoms with van der Waals surface area (Å²) < 4.78 is 0. The van der Waals surface area contributed by atoms with Crippen molar-refractivity contribution in [2.75, 3.05) is 13.1 Å². The number of hydrogen-bond donors (Lipinski definition) is 2. The Morgan fingerprint density at radius 3 is 2.47 bits per heavy atom. The summed E-state index contributed by atoms with van der Waals surface area (Å²) in [5.74, 6) is 0.338. The fraction of sp³-hybridized carbons (Fsp3) is 0.571. The molecule has 1 aromatic carbocycles. The van der Waals surface area contributed by atoms with E-state index in [2.05, 4.69) is 17.4 Å². The Bertz CT molecular complexity index is 331. The van der Waals surface area contributed by atoms with E-state index in [0.717, 1.165) is 6.42 Å². The third-order valence-electron chi connectivity index (χ3n) is 3.24. The molecule has 1 heterocycles. The molecule has 1 fully saturated rings. The second-order valence-corrected chi connectivity index (χ2v) is 4.95. The first-order valence-electron chi connectivity index (χ1n) is 6.53. The molecule has 17 heavy (non-hydrogen) atoms. The van der Waals surface area contributed by atoms with Gasteiger partial charge in [-0.15, -0.1) is 0 Å². The van der Waals surface area contributed by atoms with Crippen LogP contribution in [0.4, 0.5) is 0 Å². The maximum atomic E-state index is 9.23. The molecule has 1 atom stereocenters. The van der Waals surface area contributed by atoms with Crippen LogP contribution in [0, 0.1) is 0 Å². The maximum absolute atomic E-state index is 9.23. The zero-order valence-electron chi connectivity index (χ0n) is 10.5. The first-order chi connectivity index (χ1) is 8.24. The Kier molecular flexibility index (Phi) is 4.40. The molecular formula is C14H22N2O. The third kappa shape index (κ3) is 4.02. The van der Waals surface area contributed by atoms with Gasteiger partial charge in [-0.05, 0) is 43.9 Å². The molecule has 2 N–H and O–H groups in total. The second kappa shape index (κ2) is 6.03. The van der Waals surface area contributed by atoms with Crippen molar-refractivity contribution in [3.8, 4) is 5.75 Å². The first kappa shape index (κ1) is 12.4. The fourth-order valence-electron chi connectivity index (χ4n) is 2.37. The number of nitrogens with one attached hydrogen (secondary N) is 1. The van der Waals surface area contributed by atoms with E-state index in [4.69, 9.17) is 0 Å². The number of phenolic OH excluding ortho intramolecular Hbond substituents is 1. The molecule has 1 aliphatic rings. The van der Waals surface area contributed by atoms with Gasteiger partial charge in [-0.1, -0.05) is 18.6 Å². The minimum absolute atomic E-state index is 0.338. The number of hydrogen-bond acceptors (Lipinski definition) is 3. The highest BCUT2D eigenvalue weighted by atomic mass is 16.3. The monoisotopic (exact) mass is 234 g/mol. The van der Waals surface area contributed by atoms with Crippen LogP contribution in [0.1, 0.15) is 31.7 Å². The largest absolute Gasteiger partial charge is 0.508 e. The molecule has 2 rings (SSSR count). The zero-order valence-corrected chi connectivity index (χ0v) is 10.5. The summed E-state index contributed by atoms with van der Waals surface area (Å²) in [6.45, 7) is 4.54. The topological polar surface area (TPSA) is 35.5 Å². The molecule has 0 amide bonds. The predicted octanol–water partition coefficient (Wildman–Crippen LogP) is 2.31. The Labute approximate surface area is 103 Å². The second-order valence-electron chi connectivity index (χ2n) is 4.95. The Balaban J connectivity index is 1.79. The van der Waals surface area contributed by atoms with Crippen LogP contribution in [0.5, 0.6) is 5.75 Å². The van der Waals surface area contributed by atoms with E-state index in [0.29, 0.717) is 11.8 Å². The lowest BCUT2D eigenvalue weighted by Gasteiger charge is -2.30. The highest BCUT2D eigenvalue weighted by Gasteiger charge is 2.12. The molecular weight excluding hydrogens is 212 g/mol. The molecule has 1 saturated heterocycles. The van der Waals surface area contributed by atoms with Crippen LogP contribution < -0.4 is 5.43 Å². The lowest BCUT2D eigenvalue weighted by atomic mass is 10.1. The standard InChI is InChI=1S/C14H22N2O/c1-12(15-16-9-3-2-4-10-16)11-13-5-7-14(17)8-6-13/h5-8,12,15,17H,2-4,9-11H2,1H3. The number of piperidine rings is 1. The minimum Gasteiger partial charge on any atom is -0.508 e. The Morgan fingerprint density at radius 2 is 1.82 bits per heavy atom. The lowest BCUT2D eigenvalue weighted by Crippen LogP contribution is -2.46. The summed E-state index contributed by atoms with van der Waals surface area (Å²) in [6.07, 6.45) is 4.97. The summed E-state index contributed by atoms with van der Waals surface area (Å²) in [7, 11) is 0. The number of rotatable bonds is 4. The van der Waals surface area contributed by atoms with Crippen molar-refractivity contribution in [3.05, 3.63) is 29.8 Å². The molecule has 1 aliphatic heterocycles. The van der Waals surface area contributed by atoms with Gasteiger partial charge < -0.3 is 5.11 Å². The van der Waals surface area contributed by atoms with E-state index in [1.165, 1.54) is 37.9 Å². The zero-order chi connectivity index (χ0) is 12.1. The van der Waals surface area contributed by atoms with Crippen molar-refractivity contribution in [1.29, 1.82) is 0 Å². The van der Waals surface area contributed by atoms with Gasteiger partial charge in [0, 0.05) is 19.1 Å². The van der Waals surface area contributed by atoms with E-state index in [9.17, 15) is 5.11 Å². The predicted molar refractivity (Wildman–Crippen MR) is 69.8 cm³/mol. The molecule has 1 aromatic rings. The average Bonchev–Trinajstić information content (AvgIpc) is 2.33.